The Morgan fingerprint density at radius 1 is 1.13 bits per heavy atom. The molecule has 4 heterocycles. The van der Waals surface area contributed by atoms with Gasteiger partial charge >= 0.3 is 0 Å². The average Bonchev–Trinajstić information content (AvgIpc) is 3.49. The van der Waals surface area contributed by atoms with E-state index < -0.39 is 0 Å². The highest BCUT2D eigenvalue weighted by Gasteiger charge is 2.27. The van der Waals surface area contributed by atoms with Crippen LogP contribution in [-0.4, -0.2) is 58.0 Å². The van der Waals surface area contributed by atoms with Gasteiger partial charge in [0.15, 0.2) is 16.7 Å². The molecule has 30 heavy (non-hydrogen) atoms. The van der Waals surface area contributed by atoms with E-state index in [1.807, 2.05) is 12.1 Å². The molecule has 9 heteroatoms. The maximum absolute atomic E-state index is 6.46. The maximum atomic E-state index is 6.46. The Balaban J connectivity index is 1.16. The molecular formula is C21H27ClN4O3S. The topological polar surface area (TPSA) is 61.6 Å². The third-order valence-electron chi connectivity index (χ3n) is 6.18. The molecule has 0 spiro atoms. The zero-order valence-electron chi connectivity index (χ0n) is 17.2. The third kappa shape index (κ3) is 4.28. The van der Waals surface area contributed by atoms with E-state index in [0.29, 0.717) is 12.0 Å². The Kier molecular flexibility index (Phi) is 6.09. The van der Waals surface area contributed by atoms with Gasteiger partial charge in [-0.1, -0.05) is 23.4 Å². The van der Waals surface area contributed by atoms with Gasteiger partial charge in [0, 0.05) is 43.0 Å². The van der Waals surface area contributed by atoms with Gasteiger partial charge in [-0.25, -0.2) is 0 Å². The van der Waals surface area contributed by atoms with E-state index in [-0.39, 0.29) is 6.79 Å². The van der Waals surface area contributed by atoms with Crippen LogP contribution in [0.15, 0.2) is 17.3 Å². The molecule has 1 aromatic heterocycles. The lowest BCUT2D eigenvalue weighted by Crippen LogP contribution is -2.33. The van der Waals surface area contributed by atoms with Crippen molar-refractivity contribution < 1.29 is 14.2 Å². The minimum absolute atomic E-state index is 0.270. The van der Waals surface area contributed by atoms with Crippen molar-refractivity contribution in [2.24, 2.45) is 7.05 Å². The molecule has 3 aliphatic rings. The molecule has 5 rings (SSSR count). The van der Waals surface area contributed by atoms with E-state index in [2.05, 4.69) is 26.7 Å². The Hall–Kier alpha value is -1.48. The van der Waals surface area contributed by atoms with Crippen LogP contribution in [0.4, 0.5) is 0 Å². The minimum Gasteiger partial charge on any atom is -0.454 e. The van der Waals surface area contributed by atoms with E-state index in [4.69, 9.17) is 25.8 Å². The number of thioether (sulfide) groups is 1. The van der Waals surface area contributed by atoms with Crippen molar-refractivity contribution in [3.05, 3.63) is 28.5 Å². The highest BCUT2D eigenvalue weighted by atomic mass is 35.5. The molecule has 1 aromatic carbocycles. The fourth-order valence-corrected chi connectivity index (χ4v) is 5.62. The lowest BCUT2D eigenvalue weighted by molar-refractivity contribution is 0.129. The largest absolute Gasteiger partial charge is 0.454 e. The van der Waals surface area contributed by atoms with Crippen LogP contribution in [-0.2, 0) is 18.3 Å². The van der Waals surface area contributed by atoms with Gasteiger partial charge in [0.2, 0.25) is 6.79 Å². The van der Waals surface area contributed by atoms with Crippen LogP contribution in [0, 0.1) is 0 Å². The first-order chi connectivity index (χ1) is 14.7. The SMILES string of the molecule is Cn1c(SCC2CCCO2)nnc1C1CCN(Cc2cc3c(cc2Cl)OCO3)CC1. The molecule has 0 saturated carbocycles. The molecule has 3 aliphatic heterocycles. The number of ether oxygens (including phenoxy) is 3. The summed E-state index contributed by atoms with van der Waals surface area (Å²) in [5, 5.41) is 10.7. The number of likely N-dealkylation sites (tertiary alicyclic amines) is 1. The number of benzene rings is 1. The Morgan fingerprint density at radius 3 is 2.70 bits per heavy atom. The Bertz CT molecular complexity index is 895. The van der Waals surface area contributed by atoms with Crippen molar-refractivity contribution in [1.29, 1.82) is 0 Å². The summed E-state index contributed by atoms with van der Waals surface area (Å²) in [6, 6.07) is 3.87. The van der Waals surface area contributed by atoms with Crippen molar-refractivity contribution in [1.82, 2.24) is 19.7 Å². The second kappa shape index (κ2) is 8.94. The smallest absolute Gasteiger partial charge is 0.231 e. The van der Waals surface area contributed by atoms with Crippen LogP contribution >= 0.6 is 23.4 Å². The van der Waals surface area contributed by atoms with Crippen LogP contribution in [0.25, 0.3) is 0 Å². The molecule has 2 saturated heterocycles. The van der Waals surface area contributed by atoms with Crippen molar-refractivity contribution in [3.63, 3.8) is 0 Å². The van der Waals surface area contributed by atoms with E-state index in [9.17, 15) is 0 Å². The van der Waals surface area contributed by atoms with E-state index >= 15 is 0 Å². The first-order valence-electron chi connectivity index (χ1n) is 10.6. The number of aromatic nitrogens is 3. The van der Waals surface area contributed by atoms with Gasteiger partial charge in [0.1, 0.15) is 5.82 Å². The summed E-state index contributed by atoms with van der Waals surface area (Å²) < 4.78 is 18.8. The normalized spacial score (nSPS) is 22.1. The number of halogens is 1. The quantitative estimate of drug-likeness (QED) is 0.619. The van der Waals surface area contributed by atoms with Gasteiger partial charge in [-0.2, -0.15) is 0 Å². The van der Waals surface area contributed by atoms with Gasteiger partial charge < -0.3 is 18.8 Å². The second-order valence-electron chi connectivity index (χ2n) is 8.19. The lowest BCUT2D eigenvalue weighted by Gasteiger charge is -2.31. The molecule has 2 fully saturated rings. The highest BCUT2D eigenvalue weighted by Crippen LogP contribution is 2.38. The van der Waals surface area contributed by atoms with Gasteiger partial charge in [0.05, 0.1) is 6.10 Å². The number of hydrogen-bond donors (Lipinski definition) is 0. The highest BCUT2D eigenvalue weighted by molar-refractivity contribution is 7.99. The van der Waals surface area contributed by atoms with Crippen LogP contribution in [0.5, 0.6) is 11.5 Å². The molecule has 162 valence electrons. The molecule has 1 atom stereocenters. The van der Waals surface area contributed by atoms with E-state index in [0.717, 1.165) is 84.3 Å². The molecule has 1 unspecified atom stereocenters. The summed E-state index contributed by atoms with van der Waals surface area (Å²) in [4.78, 5) is 2.45. The van der Waals surface area contributed by atoms with Gasteiger partial charge in [-0.15, -0.1) is 10.2 Å². The molecule has 0 aliphatic carbocycles. The van der Waals surface area contributed by atoms with E-state index in [1.165, 1.54) is 6.42 Å². The summed E-state index contributed by atoms with van der Waals surface area (Å²) in [5.74, 6) is 4.03. The number of fused-ring (bicyclic) bond motifs is 1. The van der Waals surface area contributed by atoms with Gasteiger partial charge in [-0.05, 0) is 50.4 Å². The zero-order valence-corrected chi connectivity index (χ0v) is 18.8. The van der Waals surface area contributed by atoms with Crippen LogP contribution in [0.1, 0.15) is 43.0 Å². The first kappa shape index (κ1) is 20.4. The van der Waals surface area contributed by atoms with E-state index in [1.54, 1.807) is 11.8 Å². The van der Waals surface area contributed by atoms with Crippen molar-refractivity contribution in [3.8, 4) is 11.5 Å². The summed E-state index contributed by atoms with van der Waals surface area (Å²) in [5.41, 5.74) is 1.09. The maximum Gasteiger partial charge on any atom is 0.231 e. The Labute approximate surface area is 186 Å². The van der Waals surface area contributed by atoms with Crippen molar-refractivity contribution >= 4 is 23.4 Å². The average molecular weight is 451 g/mol. The van der Waals surface area contributed by atoms with Crippen molar-refractivity contribution in [2.45, 2.75) is 49.4 Å². The number of rotatable bonds is 6. The number of piperidine rings is 1. The molecular weight excluding hydrogens is 424 g/mol. The van der Waals surface area contributed by atoms with Gasteiger partial charge in [0.25, 0.3) is 0 Å². The Morgan fingerprint density at radius 2 is 1.93 bits per heavy atom. The first-order valence-corrected chi connectivity index (χ1v) is 12.0. The third-order valence-corrected chi connectivity index (χ3v) is 7.68. The molecule has 0 radical (unpaired) electrons. The van der Waals surface area contributed by atoms with Crippen LogP contribution in [0.2, 0.25) is 5.02 Å². The molecule has 2 aromatic rings. The molecule has 0 amide bonds. The summed E-state index contributed by atoms with van der Waals surface area (Å²) in [6.07, 6.45) is 4.84. The lowest BCUT2D eigenvalue weighted by atomic mass is 9.95. The summed E-state index contributed by atoms with van der Waals surface area (Å²) in [7, 11) is 2.09. The number of nitrogens with zero attached hydrogens (tertiary/aromatic N) is 4. The predicted molar refractivity (Wildman–Crippen MR) is 116 cm³/mol. The second-order valence-corrected chi connectivity index (χ2v) is 9.59. The minimum atomic E-state index is 0.270. The molecule has 0 bridgehead atoms. The van der Waals surface area contributed by atoms with Crippen LogP contribution in [0.3, 0.4) is 0 Å². The monoisotopic (exact) mass is 450 g/mol. The van der Waals surface area contributed by atoms with Gasteiger partial charge in [-0.3, -0.25) is 4.90 Å². The summed E-state index contributed by atoms with van der Waals surface area (Å²) >= 11 is 8.22. The molecule has 0 N–H and O–H groups in total. The summed E-state index contributed by atoms with van der Waals surface area (Å²) in [6.45, 7) is 4.02. The van der Waals surface area contributed by atoms with Crippen LogP contribution < -0.4 is 9.47 Å². The fourth-order valence-electron chi connectivity index (χ4n) is 4.42. The number of hydrogen-bond acceptors (Lipinski definition) is 7. The standard InChI is InChI=1S/C21H27ClN4O3S/c1-25-20(23-24-21(25)30-12-16-3-2-8-27-16)14-4-6-26(7-5-14)11-15-9-18-19(10-17(15)22)29-13-28-18/h9-10,14,16H,2-8,11-13H2,1H3. The zero-order chi connectivity index (χ0) is 20.5. The molecule has 7 nitrogen and oxygen atoms in total. The van der Waals surface area contributed by atoms with Crippen molar-refractivity contribution in [2.75, 3.05) is 32.2 Å². The predicted octanol–water partition coefficient (Wildman–Crippen LogP) is 3.85. The fraction of sp³-hybridized carbons (Fsp3) is 0.619.